The van der Waals surface area contributed by atoms with Crippen molar-refractivity contribution in [3.63, 3.8) is 0 Å². The molecular weight excluding hydrogens is 364 g/mol. The lowest BCUT2D eigenvalue weighted by Crippen LogP contribution is -2.42. The fourth-order valence-corrected chi connectivity index (χ4v) is 3.58. The summed E-state index contributed by atoms with van der Waals surface area (Å²) in [5.41, 5.74) is 3.84. The fraction of sp³-hybridized carbons (Fsp3) is 0.435. The minimum atomic E-state index is 0.209. The van der Waals surface area contributed by atoms with Gasteiger partial charge in [-0.15, -0.1) is 0 Å². The van der Waals surface area contributed by atoms with Crippen LogP contribution in [0.4, 0.5) is 0 Å². The highest BCUT2D eigenvalue weighted by atomic mass is 16.5. The molecule has 1 aliphatic rings. The predicted octanol–water partition coefficient (Wildman–Crippen LogP) is 2.64. The van der Waals surface area contributed by atoms with Gasteiger partial charge in [-0.05, 0) is 55.4 Å². The lowest BCUT2D eigenvalue weighted by atomic mass is 10.1. The molecule has 1 atom stereocenters. The lowest BCUT2D eigenvalue weighted by molar-refractivity contribution is 0.297. The first-order valence-electron chi connectivity index (χ1n) is 10.1. The highest BCUT2D eigenvalue weighted by molar-refractivity contribution is 5.79. The van der Waals surface area contributed by atoms with E-state index >= 15 is 0 Å². The summed E-state index contributed by atoms with van der Waals surface area (Å²) in [5.74, 6) is 2.72. The van der Waals surface area contributed by atoms with Gasteiger partial charge in [-0.1, -0.05) is 24.3 Å². The summed E-state index contributed by atoms with van der Waals surface area (Å²) < 4.78 is 11.0. The molecule has 1 aliphatic heterocycles. The van der Waals surface area contributed by atoms with Gasteiger partial charge < -0.3 is 25.0 Å². The molecule has 0 spiro atoms. The Kier molecular flexibility index (Phi) is 7.36. The molecule has 29 heavy (non-hydrogen) atoms. The standard InChI is InChI=1S/C23H32N4O2/c1-24-23(25-12-10-17-8-9-22-19(14-17)11-13-29-22)26-16-21(27(2)3)18-6-5-7-20(15-18)28-4/h5-9,14-15,21H,10-13,16H2,1-4H3,(H2,24,25,26). The molecule has 0 saturated carbocycles. The zero-order valence-electron chi connectivity index (χ0n) is 17.9. The number of hydrogen-bond acceptors (Lipinski definition) is 4. The third-order valence-electron chi connectivity index (χ3n) is 5.25. The number of aliphatic imine (C=N–C) groups is 1. The van der Waals surface area contributed by atoms with Crippen molar-refractivity contribution in [2.75, 3.05) is 47.9 Å². The summed E-state index contributed by atoms with van der Waals surface area (Å²) in [5, 5.41) is 6.87. The van der Waals surface area contributed by atoms with Gasteiger partial charge >= 0.3 is 0 Å². The van der Waals surface area contributed by atoms with E-state index in [4.69, 9.17) is 9.47 Å². The molecule has 6 nitrogen and oxygen atoms in total. The Balaban J connectivity index is 1.52. The summed E-state index contributed by atoms with van der Waals surface area (Å²) in [7, 11) is 7.67. The van der Waals surface area contributed by atoms with Crippen LogP contribution in [0.5, 0.6) is 11.5 Å². The molecule has 0 aliphatic carbocycles. The van der Waals surface area contributed by atoms with Crippen molar-refractivity contribution in [2.24, 2.45) is 4.99 Å². The Bertz CT molecular complexity index is 835. The van der Waals surface area contributed by atoms with Crippen molar-refractivity contribution in [1.82, 2.24) is 15.5 Å². The van der Waals surface area contributed by atoms with Crippen LogP contribution in [-0.4, -0.2) is 58.8 Å². The highest BCUT2D eigenvalue weighted by Crippen LogP contribution is 2.26. The normalized spacial score (nSPS) is 14.3. The number of benzene rings is 2. The SMILES string of the molecule is CN=C(NCCc1ccc2c(c1)CCO2)NCC(c1cccc(OC)c1)N(C)C. The van der Waals surface area contributed by atoms with Gasteiger partial charge in [0.15, 0.2) is 5.96 Å². The van der Waals surface area contributed by atoms with E-state index in [0.717, 1.165) is 50.0 Å². The number of nitrogens with one attached hydrogen (secondary N) is 2. The summed E-state index contributed by atoms with van der Waals surface area (Å²) in [6, 6.07) is 14.9. The van der Waals surface area contributed by atoms with Crippen LogP contribution in [0.25, 0.3) is 0 Å². The van der Waals surface area contributed by atoms with Gasteiger partial charge in [-0.3, -0.25) is 4.99 Å². The molecule has 0 amide bonds. The lowest BCUT2D eigenvalue weighted by Gasteiger charge is -2.26. The molecule has 1 unspecified atom stereocenters. The Morgan fingerprint density at radius 1 is 1.21 bits per heavy atom. The second-order valence-corrected chi connectivity index (χ2v) is 7.43. The van der Waals surface area contributed by atoms with Crippen molar-refractivity contribution < 1.29 is 9.47 Å². The first kappa shape index (κ1) is 21.0. The number of rotatable bonds is 8. The van der Waals surface area contributed by atoms with Gasteiger partial charge in [0.1, 0.15) is 11.5 Å². The smallest absolute Gasteiger partial charge is 0.191 e. The third kappa shape index (κ3) is 5.64. The molecule has 2 aromatic carbocycles. The number of likely N-dealkylation sites (N-methyl/N-ethyl adjacent to an activating group) is 1. The van der Waals surface area contributed by atoms with Crippen molar-refractivity contribution in [3.8, 4) is 11.5 Å². The molecule has 6 heteroatoms. The van der Waals surface area contributed by atoms with E-state index in [-0.39, 0.29) is 6.04 Å². The van der Waals surface area contributed by atoms with Crippen molar-refractivity contribution in [2.45, 2.75) is 18.9 Å². The second-order valence-electron chi connectivity index (χ2n) is 7.43. The second kappa shape index (κ2) is 10.2. The van der Waals surface area contributed by atoms with Crippen LogP contribution in [0.15, 0.2) is 47.5 Å². The minimum Gasteiger partial charge on any atom is -0.497 e. The summed E-state index contributed by atoms with van der Waals surface area (Å²) in [4.78, 5) is 6.56. The molecule has 0 aromatic heterocycles. The van der Waals surface area contributed by atoms with E-state index in [1.807, 2.05) is 12.1 Å². The molecule has 0 bridgehead atoms. The first-order valence-corrected chi connectivity index (χ1v) is 10.1. The van der Waals surface area contributed by atoms with E-state index in [1.165, 1.54) is 16.7 Å². The van der Waals surface area contributed by atoms with Crippen LogP contribution >= 0.6 is 0 Å². The topological polar surface area (TPSA) is 58.1 Å². The third-order valence-corrected chi connectivity index (χ3v) is 5.25. The number of hydrogen-bond donors (Lipinski definition) is 2. The van der Waals surface area contributed by atoms with Gasteiger partial charge in [0.25, 0.3) is 0 Å². The van der Waals surface area contributed by atoms with Crippen LogP contribution < -0.4 is 20.1 Å². The maximum atomic E-state index is 5.58. The molecule has 3 rings (SSSR count). The van der Waals surface area contributed by atoms with Crippen molar-refractivity contribution in [1.29, 1.82) is 0 Å². The van der Waals surface area contributed by atoms with Gasteiger partial charge in [-0.25, -0.2) is 0 Å². The number of nitrogens with zero attached hydrogens (tertiary/aromatic N) is 2. The van der Waals surface area contributed by atoms with Crippen molar-refractivity contribution >= 4 is 5.96 Å². The monoisotopic (exact) mass is 396 g/mol. The van der Waals surface area contributed by atoms with E-state index in [2.05, 4.69) is 65.0 Å². The maximum absolute atomic E-state index is 5.58. The fourth-order valence-electron chi connectivity index (χ4n) is 3.58. The Hall–Kier alpha value is -2.73. The van der Waals surface area contributed by atoms with Crippen LogP contribution in [0, 0.1) is 0 Å². The van der Waals surface area contributed by atoms with E-state index in [1.54, 1.807) is 14.2 Å². The Labute approximate surface area is 173 Å². The average Bonchev–Trinajstić information content (AvgIpc) is 3.20. The van der Waals surface area contributed by atoms with Crippen LogP contribution in [0.2, 0.25) is 0 Å². The number of guanidine groups is 1. The van der Waals surface area contributed by atoms with Crippen LogP contribution in [0.3, 0.4) is 0 Å². The molecule has 0 saturated heterocycles. The number of fused-ring (bicyclic) bond motifs is 1. The number of ether oxygens (including phenoxy) is 2. The van der Waals surface area contributed by atoms with Crippen LogP contribution in [0.1, 0.15) is 22.7 Å². The number of methoxy groups -OCH3 is 1. The molecule has 2 N–H and O–H groups in total. The summed E-state index contributed by atoms with van der Waals surface area (Å²) in [6.07, 6.45) is 1.96. The molecule has 156 valence electrons. The average molecular weight is 397 g/mol. The zero-order valence-corrected chi connectivity index (χ0v) is 17.9. The van der Waals surface area contributed by atoms with Gasteiger partial charge in [0.05, 0.1) is 19.8 Å². The molecule has 1 heterocycles. The van der Waals surface area contributed by atoms with Crippen molar-refractivity contribution in [3.05, 3.63) is 59.2 Å². The van der Waals surface area contributed by atoms with E-state index in [9.17, 15) is 0 Å². The first-order chi connectivity index (χ1) is 14.1. The van der Waals surface area contributed by atoms with Crippen LogP contribution in [-0.2, 0) is 12.8 Å². The summed E-state index contributed by atoms with van der Waals surface area (Å²) in [6.45, 7) is 2.37. The van der Waals surface area contributed by atoms with E-state index < -0.39 is 0 Å². The van der Waals surface area contributed by atoms with Gasteiger partial charge in [0, 0.05) is 26.6 Å². The largest absolute Gasteiger partial charge is 0.497 e. The molecule has 0 radical (unpaired) electrons. The molecule has 2 aromatic rings. The van der Waals surface area contributed by atoms with E-state index in [0.29, 0.717) is 0 Å². The van der Waals surface area contributed by atoms with Gasteiger partial charge in [0.2, 0.25) is 0 Å². The highest BCUT2D eigenvalue weighted by Gasteiger charge is 2.16. The quantitative estimate of drug-likeness (QED) is 0.531. The minimum absolute atomic E-state index is 0.209. The molecule has 0 fully saturated rings. The molecular formula is C23H32N4O2. The van der Waals surface area contributed by atoms with Gasteiger partial charge in [-0.2, -0.15) is 0 Å². The Morgan fingerprint density at radius 2 is 2.07 bits per heavy atom. The predicted molar refractivity (Wildman–Crippen MR) is 118 cm³/mol. The maximum Gasteiger partial charge on any atom is 0.191 e. The Morgan fingerprint density at radius 3 is 2.83 bits per heavy atom. The zero-order chi connectivity index (χ0) is 20.6. The summed E-state index contributed by atoms with van der Waals surface area (Å²) >= 11 is 0.